The van der Waals surface area contributed by atoms with Crippen molar-refractivity contribution in [1.82, 2.24) is 32.7 Å². The summed E-state index contributed by atoms with van der Waals surface area (Å²) in [6, 6.07) is 39.1. The topological polar surface area (TPSA) is 194 Å². The van der Waals surface area contributed by atoms with E-state index in [0.29, 0.717) is 90.1 Å². The van der Waals surface area contributed by atoms with E-state index in [9.17, 15) is 43.2 Å². The number of ketones is 9. The molecule has 0 saturated carbocycles. The second-order valence-corrected chi connectivity index (χ2v) is 28.6. The van der Waals surface area contributed by atoms with Crippen LogP contribution in [0.25, 0.3) is 0 Å². The number of aromatic nitrogens is 6. The zero-order valence-corrected chi connectivity index (χ0v) is 55.6. The molecule has 0 radical (unpaired) electrons. The number of rotatable bonds is 40. The zero-order valence-electron chi connectivity index (χ0n) is 54.7. The Balaban J connectivity index is 0.732. The van der Waals surface area contributed by atoms with Crippen LogP contribution in [0.5, 0.6) is 0 Å². The summed E-state index contributed by atoms with van der Waals surface area (Å²) in [4.78, 5) is 126. The standard InChI is InChI=1S/C75H89N7O9P/c1-77(2)38-19-17-24-59(83)27-22-36-70(87)66-44-56(51-78(66)3)46-72(89)67-43-55(50-80(67)5)41-62(86)29-23-37-71(88)75-76-58(53-82(75)7)48-74(91)69-45-57(52-81(69)6)47-73(90)68-42-54(49-79(68)4)40-61(85)28-21-26-60(84)25-18-20-39-92(63-30-11-8-12-31-63,64-32-13-9-14-33-64)65-34-15-10-16-35-65/h8-16,30-35,42-45,49-53H,17-29,36-41,46-48H2,1-7H3/q+1. The van der Waals surface area contributed by atoms with Gasteiger partial charge in [0.05, 0.1) is 41.1 Å². The van der Waals surface area contributed by atoms with Gasteiger partial charge in [-0.15, -0.1) is 0 Å². The van der Waals surface area contributed by atoms with Crippen LogP contribution in [-0.2, 0) is 86.5 Å². The Kier molecular flexibility index (Phi) is 25.0. The lowest BCUT2D eigenvalue weighted by molar-refractivity contribution is -0.121. The molecular weight excluding hydrogens is 1170 g/mol. The summed E-state index contributed by atoms with van der Waals surface area (Å²) in [5.41, 5.74) is 4.91. The fourth-order valence-electron chi connectivity index (χ4n) is 12.5. The number of Topliss-reactive ketones (excluding diaryl/α,β-unsaturated/α-hetero) is 9. The van der Waals surface area contributed by atoms with Gasteiger partial charge < -0.3 is 27.7 Å². The summed E-state index contributed by atoms with van der Waals surface area (Å²) in [6.07, 6.45) is 17.1. The van der Waals surface area contributed by atoms with Crippen LogP contribution in [0.3, 0.4) is 0 Å². The average molecular weight is 1260 g/mol. The fraction of sp³-hybridized carbons (Fsp3) is 0.387. The maximum absolute atomic E-state index is 13.7. The Labute approximate surface area is 541 Å². The van der Waals surface area contributed by atoms with Crippen LogP contribution in [-0.4, -0.2) is 112 Å². The first kappa shape index (κ1) is 69.3. The van der Waals surface area contributed by atoms with Gasteiger partial charge in [-0.3, -0.25) is 43.2 Å². The molecule has 8 rings (SSSR count). The molecule has 0 bridgehead atoms. The number of unbranched alkanes of at least 4 members (excludes halogenated alkanes) is 2. The van der Waals surface area contributed by atoms with Crippen molar-refractivity contribution in [2.24, 2.45) is 35.2 Å². The van der Waals surface area contributed by atoms with E-state index in [4.69, 9.17) is 0 Å². The number of carbonyl (C=O) groups is 9. The minimum atomic E-state index is -1.97. The Hall–Kier alpha value is -8.59. The highest BCUT2D eigenvalue weighted by Gasteiger charge is 2.44. The first-order chi connectivity index (χ1) is 44.2. The number of benzene rings is 3. The van der Waals surface area contributed by atoms with Crippen molar-refractivity contribution < 1.29 is 43.2 Å². The molecule has 0 aliphatic rings. The van der Waals surface area contributed by atoms with E-state index in [2.05, 4.69) is 101 Å². The van der Waals surface area contributed by atoms with E-state index in [1.165, 1.54) is 15.9 Å². The molecule has 16 nitrogen and oxygen atoms in total. The monoisotopic (exact) mass is 1260 g/mol. The van der Waals surface area contributed by atoms with Gasteiger partial charge in [0.15, 0.2) is 34.7 Å². The van der Waals surface area contributed by atoms with Gasteiger partial charge in [-0.1, -0.05) is 54.6 Å². The van der Waals surface area contributed by atoms with Gasteiger partial charge in [0.25, 0.3) is 0 Å². The molecule has 8 aromatic rings. The van der Waals surface area contributed by atoms with Crippen LogP contribution in [0, 0.1) is 0 Å². The molecule has 0 atom stereocenters. The van der Waals surface area contributed by atoms with Crippen molar-refractivity contribution in [2.45, 2.75) is 128 Å². The van der Waals surface area contributed by atoms with Crippen LogP contribution >= 0.6 is 7.26 Å². The van der Waals surface area contributed by atoms with Crippen LogP contribution in [0.1, 0.15) is 177 Å². The third-order valence-electron chi connectivity index (χ3n) is 17.2. The zero-order chi connectivity index (χ0) is 65.9. The first-order valence-electron chi connectivity index (χ1n) is 32.2. The Morgan fingerprint density at radius 3 is 1.13 bits per heavy atom. The Morgan fingerprint density at radius 1 is 0.359 bits per heavy atom. The highest BCUT2D eigenvalue weighted by molar-refractivity contribution is 7.95. The van der Waals surface area contributed by atoms with Crippen molar-refractivity contribution in [1.29, 1.82) is 0 Å². The Morgan fingerprint density at radius 2 is 0.707 bits per heavy atom. The van der Waals surface area contributed by atoms with Crippen molar-refractivity contribution in [3.05, 3.63) is 203 Å². The lowest BCUT2D eigenvalue weighted by Crippen LogP contribution is -2.33. The molecule has 0 N–H and O–H groups in total. The van der Waals surface area contributed by atoms with Gasteiger partial charge in [0, 0.05) is 143 Å². The molecule has 17 heteroatoms. The normalized spacial score (nSPS) is 11.6. The van der Waals surface area contributed by atoms with Gasteiger partial charge in [-0.2, -0.15) is 0 Å². The van der Waals surface area contributed by atoms with E-state index in [-0.39, 0.29) is 116 Å². The van der Waals surface area contributed by atoms with Gasteiger partial charge >= 0.3 is 0 Å². The number of hydrogen-bond donors (Lipinski definition) is 0. The molecule has 0 aliphatic carbocycles. The van der Waals surface area contributed by atoms with Crippen molar-refractivity contribution >= 4 is 75.2 Å². The largest absolute Gasteiger partial charge is 0.348 e. The summed E-state index contributed by atoms with van der Waals surface area (Å²) in [5.74, 6) is -0.460. The molecule has 0 unspecified atom stereocenters. The minimum Gasteiger partial charge on any atom is -0.348 e. The van der Waals surface area contributed by atoms with Crippen LogP contribution in [0.15, 0.2) is 146 Å². The van der Waals surface area contributed by atoms with Crippen LogP contribution < -0.4 is 15.9 Å². The van der Waals surface area contributed by atoms with E-state index >= 15 is 0 Å². The van der Waals surface area contributed by atoms with Gasteiger partial charge in [-0.25, -0.2) is 4.98 Å². The number of carbonyl (C=O) groups excluding carboxylic acids is 9. The molecule has 0 saturated heterocycles. The van der Waals surface area contributed by atoms with Gasteiger partial charge in [-0.05, 0) is 149 Å². The highest BCUT2D eigenvalue weighted by atomic mass is 31.2. The quantitative estimate of drug-likeness (QED) is 0.0201. The summed E-state index contributed by atoms with van der Waals surface area (Å²) in [7, 11) is 10.8. The third kappa shape index (κ3) is 19.0. The highest BCUT2D eigenvalue weighted by Crippen LogP contribution is 2.56. The molecular formula is C75H89N7O9P+. The molecule has 5 heterocycles. The molecule has 3 aromatic carbocycles. The van der Waals surface area contributed by atoms with Crippen LogP contribution in [0.4, 0.5) is 0 Å². The van der Waals surface area contributed by atoms with Crippen LogP contribution in [0.2, 0.25) is 0 Å². The molecule has 5 aromatic heterocycles. The molecule has 482 valence electrons. The minimum absolute atomic E-state index is 0.00695. The van der Waals surface area contributed by atoms with Crippen molar-refractivity contribution in [2.75, 3.05) is 26.8 Å². The Bertz CT molecular complexity index is 3800. The van der Waals surface area contributed by atoms with Crippen molar-refractivity contribution in [3.8, 4) is 0 Å². The SMILES string of the molecule is CN(C)CCCCC(=O)CCCC(=O)c1cc(CC(=O)c2cc(CC(=O)CCCC(=O)c3nc(CC(=O)c4cc(CC(=O)c5cc(CC(=O)CCCC(=O)CCCC[P+](c6ccccc6)(c6ccccc6)c6ccccc6)cn5C)cn4C)cn3C)cn2C)cn1C. The fourth-order valence-corrected chi connectivity index (χ4v) is 16.9. The number of nitrogens with zero attached hydrogens (tertiary/aromatic N) is 7. The molecule has 92 heavy (non-hydrogen) atoms. The molecule has 0 spiro atoms. The predicted molar refractivity (Wildman–Crippen MR) is 363 cm³/mol. The maximum Gasteiger partial charge on any atom is 0.198 e. The average Bonchev–Trinajstić information content (AvgIpc) is 0.935. The number of aryl methyl sites for hydroxylation is 5. The van der Waals surface area contributed by atoms with Gasteiger partial charge in [0.2, 0.25) is 0 Å². The third-order valence-corrected chi connectivity index (χ3v) is 21.7. The van der Waals surface area contributed by atoms with E-state index in [1.54, 1.807) is 113 Å². The smallest absolute Gasteiger partial charge is 0.198 e. The number of imidazole rings is 1. The van der Waals surface area contributed by atoms with Gasteiger partial charge in [0.1, 0.15) is 46.3 Å². The lowest BCUT2D eigenvalue weighted by atomic mass is 10.0. The van der Waals surface area contributed by atoms with Crippen molar-refractivity contribution in [3.63, 3.8) is 0 Å². The lowest BCUT2D eigenvalue weighted by Gasteiger charge is -2.27. The first-order valence-corrected chi connectivity index (χ1v) is 34.2. The number of hydrogen-bond acceptors (Lipinski definition) is 11. The summed E-state index contributed by atoms with van der Waals surface area (Å²) < 4.78 is 8.40. The van der Waals surface area contributed by atoms with E-state index < -0.39 is 7.26 Å². The summed E-state index contributed by atoms with van der Waals surface area (Å²) in [6.45, 7) is 0.940. The summed E-state index contributed by atoms with van der Waals surface area (Å²) >= 11 is 0. The second kappa shape index (κ2) is 33.1. The molecule has 0 fully saturated rings. The van der Waals surface area contributed by atoms with E-state index in [0.717, 1.165) is 44.0 Å². The molecule has 0 amide bonds. The van der Waals surface area contributed by atoms with E-state index in [1.807, 2.05) is 14.1 Å². The summed E-state index contributed by atoms with van der Waals surface area (Å²) in [5, 5.41) is 3.98. The second-order valence-electron chi connectivity index (χ2n) is 25.0. The predicted octanol–water partition coefficient (Wildman–Crippen LogP) is 10.9. The molecule has 0 aliphatic heterocycles. The maximum atomic E-state index is 13.7.